The second-order valence-corrected chi connectivity index (χ2v) is 5.63. The lowest BCUT2D eigenvalue weighted by molar-refractivity contribution is 0.486. The van der Waals surface area contributed by atoms with E-state index < -0.39 is 0 Å². The number of thiazole rings is 1. The molecule has 3 N–H and O–H groups in total. The van der Waals surface area contributed by atoms with Crippen LogP contribution in [0.2, 0.25) is 0 Å². The van der Waals surface area contributed by atoms with E-state index in [2.05, 4.69) is 21.6 Å². The number of imidazole rings is 1. The summed E-state index contributed by atoms with van der Waals surface area (Å²) in [5.41, 5.74) is 5.05. The minimum Gasteiger partial charge on any atom is -0.297 e. The highest BCUT2D eigenvalue weighted by Gasteiger charge is 2.11. The fourth-order valence-electron chi connectivity index (χ4n) is 2.24. The number of aryl methyl sites for hydroxylation is 1. The van der Waals surface area contributed by atoms with Crippen LogP contribution in [0.25, 0.3) is 4.96 Å². The van der Waals surface area contributed by atoms with Gasteiger partial charge in [0.25, 0.3) is 0 Å². The van der Waals surface area contributed by atoms with Gasteiger partial charge in [-0.05, 0) is 25.0 Å². The SMILES string of the molecule is NNC(CCc1ccccn1)Cc1cn2ccsc2n1. The third-order valence-corrected chi connectivity index (χ3v) is 4.08. The summed E-state index contributed by atoms with van der Waals surface area (Å²) in [6.07, 6.45) is 8.60. The third kappa shape index (κ3) is 3.04. The molecule has 0 bridgehead atoms. The molecule has 3 aromatic rings. The number of hydrogen-bond acceptors (Lipinski definition) is 5. The van der Waals surface area contributed by atoms with Gasteiger partial charge in [0.05, 0.1) is 5.69 Å². The number of nitrogens with zero attached hydrogens (tertiary/aromatic N) is 3. The second-order valence-electron chi connectivity index (χ2n) is 4.75. The summed E-state index contributed by atoms with van der Waals surface area (Å²) in [5, 5.41) is 2.03. The van der Waals surface area contributed by atoms with Gasteiger partial charge in [0.15, 0.2) is 4.96 Å². The summed E-state index contributed by atoms with van der Waals surface area (Å²) in [4.78, 5) is 9.95. The zero-order chi connectivity index (χ0) is 13.8. The van der Waals surface area contributed by atoms with E-state index >= 15 is 0 Å². The molecule has 104 valence electrons. The molecular formula is C14H17N5S. The molecule has 1 unspecified atom stereocenters. The predicted octanol–water partition coefficient (Wildman–Crippen LogP) is 1.80. The molecule has 3 aromatic heterocycles. The molecule has 0 amide bonds. The molecule has 6 heteroatoms. The van der Waals surface area contributed by atoms with E-state index in [0.29, 0.717) is 0 Å². The molecule has 5 nitrogen and oxygen atoms in total. The van der Waals surface area contributed by atoms with Gasteiger partial charge in [0.2, 0.25) is 0 Å². The Morgan fingerprint density at radius 1 is 1.35 bits per heavy atom. The second kappa shape index (κ2) is 6.13. The Labute approximate surface area is 121 Å². The van der Waals surface area contributed by atoms with Crippen molar-refractivity contribution in [2.45, 2.75) is 25.3 Å². The minimum atomic E-state index is 0.210. The Morgan fingerprint density at radius 3 is 3.05 bits per heavy atom. The molecule has 0 saturated heterocycles. The maximum atomic E-state index is 5.65. The molecule has 0 saturated carbocycles. The van der Waals surface area contributed by atoms with Crippen LogP contribution in [-0.4, -0.2) is 20.4 Å². The van der Waals surface area contributed by atoms with Crippen LogP contribution in [0.3, 0.4) is 0 Å². The van der Waals surface area contributed by atoms with Gasteiger partial charge in [0, 0.05) is 42.1 Å². The zero-order valence-electron chi connectivity index (χ0n) is 11.1. The minimum absolute atomic E-state index is 0.210. The van der Waals surface area contributed by atoms with Crippen molar-refractivity contribution in [3.63, 3.8) is 0 Å². The molecule has 0 fully saturated rings. The topological polar surface area (TPSA) is 68.2 Å². The highest BCUT2D eigenvalue weighted by molar-refractivity contribution is 7.15. The maximum absolute atomic E-state index is 5.65. The lowest BCUT2D eigenvalue weighted by Gasteiger charge is -2.14. The van der Waals surface area contributed by atoms with Crippen molar-refractivity contribution in [2.24, 2.45) is 5.84 Å². The molecular weight excluding hydrogens is 270 g/mol. The Bertz CT molecular complexity index is 632. The van der Waals surface area contributed by atoms with Gasteiger partial charge in [-0.2, -0.15) is 0 Å². The van der Waals surface area contributed by atoms with Crippen LogP contribution in [-0.2, 0) is 12.8 Å². The molecule has 1 atom stereocenters. The normalized spacial score (nSPS) is 12.8. The van der Waals surface area contributed by atoms with Crippen molar-refractivity contribution in [3.05, 3.63) is 53.6 Å². The van der Waals surface area contributed by atoms with Crippen molar-refractivity contribution < 1.29 is 0 Å². The largest absolute Gasteiger partial charge is 0.297 e. The van der Waals surface area contributed by atoms with Crippen LogP contribution in [0, 0.1) is 0 Å². The first-order valence-electron chi connectivity index (χ1n) is 6.62. The number of hydrogen-bond donors (Lipinski definition) is 2. The molecule has 3 heterocycles. The molecule has 20 heavy (non-hydrogen) atoms. The molecule has 3 rings (SSSR count). The highest BCUT2D eigenvalue weighted by atomic mass is 32.1. The summed E-state index contributed by atoms with van der Waals surface area (Å²) >= 11 is 1.64. The van der Waals surface area contributed by atoms with Crippen LogP contribution < -0.4 is 11.3 Å². The summed E-state index contributed by atoms with van der Waals surface area (Å²) in [6, 6.07) is 6.19. The Kier molecular flexibility index (Phi) is 4.05. The Hall–Kier alpha value is -1.76. The quantitative estimate of drug-likeness (QED) is 0.536. The highest BCUT2D eigenvalue weighted by Crippen LogP contribution is 2.13. The average Bonchev–Trinajstić information content (AvgIpc) is 3.05. The number of rotatable bonds is 6. The fraction of sp³-hybridized carbons (Fsp3) is 0.286. The van der Waals surface area contributed by atoms with E-state index in [0.717, 1.165) is 35.6 Å². The first-order chi connectivity index (χ1) is 9.85. The molecule has 0 spiro atoms. The van der Waals surface area contributed by atoms with E-state index in [-0.39, 0.29) is 6.04 Å². The lowest BCUT2D eigenvalue weighted by Crippen LogP contribution is -2.37. The number of nitrogens with one attached hydrogen (secondary N) is 1. The van der Waals surface area contributed by atoms with Crippen molar-refractivity contribution in [2.75, 3.05) is 0 Å². The molecule has 0 radical (unpaired) electrons. The van der Waals surface area contributed by atoms with E-state index in [4.69, 9.17) is 5.84 Å². The van der Waals surface area contributed by atoms with Crippen molar-refractivity contribution in [1.29, 1.82) is 0 Å². The monoisotopic (exact) mass is 287 g/mol. The Morgan fingerprint density at radius 2 is 2.30 bits per heavy atom. The number of nitrogens with two attached hydrogens (primary N) is 1. The van der Waals surface area contributed by atoms with Crippen molar-refractivity contribution in [3.8, 4) is 0 Å². The third-order valence-electron chi connectivity index (χ3n) is 3.31. The van der Waals surface area contributed by atoms with Gasteiger partial charge in [-0.1, -0.05) is 6.07 Å². The van der Waals surface area contributed by atoms with Gasteiger partial charge in [0.1, 0.15) is 0 Å². The summed E-state index contributed by atoms with van der Waals surface area (Å²) in [5.74, 6) is 5.65. The smallest absolute Gasteiger partial charge is 0.193 e. The van der Waals surface area contributed by atoms with E-state index in [1.54, 1.807) is 11.3 Å². The van der Waals surface area contributed by atoms with E-state index in [1.165, 1.54) is 0 Å². The summed E-state index contributed by atoms with van der Waals surface area (Å²) < 4.78 is 2.05. The van der Waals surface area contributed by atoms with E-state index in [1.807, 2.05) is 40.4 Å². The van der Waals surface area contributed by atoms with E-state index in [9.17, 15) is 0 Å². The van der Waals surface area contributed by atoms with Crippen LogP contribution in [0.4, 0.5) is 0 Å². The maximum Gasteiger partial charge on any atom is 0.193 e. The molecule has 0 aliphatic rings. The van der Waals surface area contributed by atoms with Gasteiger partial charge < -0.3 is 0 Å². The molecule has 0 aliphatic carbocycles. The Balaban J connectivity index is 1.60. The number of aromatic nitrogens is 3. The van der Waals surface area contributed by atoms with Crippen LogP contribution in [0.5, 0.6) is 0 Å². The first-order valence-corrected chi connectivity index (χ1v) is 7.50. The predicted molar refractivity (Wildman–Crippen MR) is 80.4 cm³/mol. The number of hydrazine groups is 1. The first kappa shape index (κ1) is 13.2. The summed E-state index contributed by atoms with van der Waals surface area (Å²) in [6.45, 7) is 0. The van der Waals surface area contributed by atoms with Crippen LogP contribution >= 0.6 is 11.3 Å². The van der Waals surface area contributed by atoms with Crippen molar-refractivity contribution >= 4 is 16.3 Å². The lowest BCUT2D eigenvalue weighted by atomic mass is 10.1. The van der Waals surface area contributed by atoms with Gasteiger partial charge in [-0.15, -0.1) is 11.3 Å². The standard InChI is InChI=1S/C14H17N5S/c15-18-12(5-4-11-3-1-2-6-16-11)9-13-10-19-7-8-20-14(19)17-13/h1-3,6-8,10,12,18H,4-5,9,15H2. The fourth-order valence-corrected chi connectivity index (χ4v) is 2.96. The number of pyridine rings is 1. The number of fused-ring (bicyclic) bond motifs is 1. The van der Waals surface area contributed by atoms with Gasteiger partial charge >= 0.3 is 0 Å². The van der Waals surface area contributed by atoms with Gasteiger partial charge in [-0.25, -0.2) is 4.98 Å². The molecule has 0 aromatic carbocycles. The summed E-state index contributed by atoms with van der Waals surface area (Å²) in [7, 11) is 0. The van der Waals surface area contributed by atoms with Crippen LogP contribution in [0.1, 0.15) is 17.8 Å². The van der Waals surface area contributed by atoms with Crippen molar-refractivity contribution in [1.82, 2.24) is 19.8 Å². The van der Waals surface area contributed by atoms with Gasteiger partial charge in [-0.3, -0.25) is 20.7 Å². The van der Waals surface area contributed by atoms with Crippen LogP contribution in [0.15, 0.2) is 42.2 Å². The molecule has 0 aliphatic heterocycles. The zero-order valence-corrected chi connectivity index (χ0v) is 11.9. The average molecular weight is 287 g/mol.